The highest BCUT2D eigenvalue weighted by Crippen LogP contribution is 2.55. The fraction of sp³-hybridized carbons (Fsp3) is 0.857. The van der Waals surface area contributed by atoms with Gasteiger partial charge in [-0.2, -0.15) is 13.2 Å². The zero-order valence-corrected chi connectivity index (χ0v) is 6.97. The zero-order valence-electron chi connectivity index (χ0n) is 6.97. The van der Waals surface area contributed by atoms with Gasteiger partial charge in [0.1, 0.15) is 0 Å². The predicted octanol–water partition coefficient (Wildman–Crippen LogP) is 0.543. The molecule has 3 atom stereocenters. The molecular formula is C7H10F3NO2. The lowest BCUT2D eigenvalue weighted by Crippen LogP contribution is -2.16. The van der Waals surface area contributed by atoms with Crippen molar-refractivity contribution in [2.45, 2.75) is 6.18 Å². The van der Waals surface area contributed by atoms with Gasteiger partial charge < -0.3 is 10.5 Å². The van der Waals surface area contributed by atoms with Gasteiger partial charge in [-0.25, -0.2) is 0 Å². The quantitative estimate of drug-likeness (QED) is 0.657. The summed E-state index contributed by atoms with van der Waals surface area (Å²) in [5.41, 5.74) is 5.10. The Morgan fingerprint density at radius 1 is 1.54 bits per heavy atom. The fourth-order valence-corrected chi connectivity index (χ4v) is 1.57. The number of halogens is 3. The maximum atomic E-state index is 12.2. The van der Waals surface area contributed by atoms with Crippen LogP contribution in [0.3, 0.4) is 0 Å². The van der Waals surface area contributed by atoms with Crippen molar-refractivity contribution in [2.24, 2.45) is 23.5 Å². The molecule has 0 aromatic heterocycles. The third kappa shape index (κ3) is 1.77. The van der Waals surface area contributed by atoms with Crippen molar-refractivity contribution in [3.05, 3.63) is 0 Å². The highest BCUT2D eigenvalue weighted by atomic mass is 19.4. The molecule has 0 bridgehead atoms. The van der Waals surface area contributed by atoms with Crippen LogP contribution in [0.4, 0.5) is 13.2 Å². The lowest BCUT2D eigenvalue weighted by molar-refractivity contribution is -0.162. The molecule has 3 nitrogen and oxygen atoms in total. The lowest BCUT2D eigenvalue weighted by atomic mass is 10.3. The Bertz CT molecular complexity index is 216. The first-order valence-electron chi connectivity index (χ1n) is 3.78. The van der Waals surface area contributed by atoms with Gasteiger partial charge in [0.2, 0.25) is 0 Å². The molecule has 0 saturated heterocycles. The summed E-state index contributed by atoms with van der Waals surface area (Å²) < 4.78 is 40.7. The summed E-state index contributed by atoms with van der Waals surface area (Å²) in [4.78, 5) is 10.8. The van der Waals surface area contributed by atoms with Crippen molar-refractivity contribution in [1.82, 2.24) is 0 Å². The van der Waals surface area contributed by atoms with Crippen LogP contribution in [0.1, 0.15) is 0 Å². The molecule has 0 aromatic rings. The normalized spacial score (nSPS) is 32.8. The highest BCUT2D eigenvalue weighted by molar-refractivity contribution is 5.76. The smallest absolute Gasteiger partial charge is 0.393 e. The monoisotopic (exact) mass is 197 g/mol. The van der Waals surface area contributed by atoms with Crippen LogP contribution in [0.15, 0.2) is 0 Å². The van der Waals surface area contributed by atoms with Gasteiger partial charge in [0, 0.05) is 0 Å². The van der Waals surface area contributed by atoms with Crippen LogP contribution in [-0.2, 0) is 9.53 Å². The van der Waals surface area contributed by atoms with Crippen molar-refractivity contribution in [3.8, 4) is 0 Å². The topological polar surface area (TPSA) is 52.3 Å². The molecule has 0 radical (unpaired) electrons. The zero-order chi connectivity index (χ0) is 10.2. The van der Waals surface area contributed by atoms with E-state index in [1.807, 2.05) is 0 Å². The van der Waals surface area contributed by atoms with Crippen LogP contribution in [0, 0.1) is 17.8 Å². The van der Waals surface area contributed by atoms with Gasteiger partial charge in [0.25, 0.3) is 0 Å². The van der Waals surface area contributed by atoms with Crippen molar-refractivity contribution >= 4 is 5.97 Å². The van der Waals surface area contributed by atoms with Crippen molar-refractivity contribution in [2.75, 3.05) is 13.7 Å². The van der Waals surface area contributed by atoms with Gasteiger partial charge in [-0.1, -0.05) is 0 Å². The number of hydrogen-bond acceptors (Lipinski definition) is 3. The number of methoxy groups -OCH3 is 1. The van der Waals surface area contributed by atoms with Crippen LogP contribution in [-0.4, -0.2) is 25.8 Å². The number of rotatable bonds is 2. The van der Waals surface area contributed by atoms with Gasteiger partial charge in [-0.15, -0.1) is 0 Å². The van der Waals surface area contributed by atoms with Crippen LogP contribution < -0.4 is 5.73 Å². The van der Waals surface area contributed by atoms with Gasteiger partial charge in [0.05, 0.1) is 18.9 Å². The Labute approximate surface area is 73.0 Å². The molecule has 1 saturated carbocycles. The second-order valence-corrected chi connectivity index (χ2v) is 3.02. The first kappa shape index (κ1) is 10.3. The maximum absolute atomic E-state index is 12.2. The summed E-state index contributed by atoms with van der Waals surface area (Å²) in [6.07, 6.45) is -4.34. The summed E-state index contributed by atoms with van der Waals surface area (Å²) in [5, 5.41) is 0. The van der Waals surface area contributed by atoms with Crippen LogP contribution in [0.2, 0.25) is 0 Å². The number of esters is 1. The molecule has 6 heteroatoms. The predicted molar refractivity (Wildman–Crippen MR) is 37.6 cm³/mol. The molecule has 0 amide bonds. The van der Waals surface area contributed by atoms with E-state index in [4.69, 9.17) is 5.73 Å². The van der Waals surface area contributed by atoms with Crippen LogP contribution >= 0.6 is 0 Å². The van der Waals surface area contributed by atoms with E-state index in [9.17, 15) is 18.0 Å². The van der Waals surface area contributed by atoms with E-state index in [1.165, 1.54) is 0 Å². The van der Waals surface area contributed by atoms with E-state index < -0.39 is 29.9 Å². The number of carbonyl (C=O) groups excluding carboxylic acids is 1. The number of hydrogen-bond donors (Lipinski definition) is 1. The minimum atomic E-state index is -4.34. The Balaban J connectivity index is 2.65. The van der Waals surface area contributed by atoms with E-state index in [0.717, 1.165) is 7.11 Å². The van der Waals surface area contributed by atoms with E-state index in [1.54, 1.807) is 0 Å². The lowest BCUT2D eigenvalue weighted by Gasteiger charge is -2.03. The summed E-state index contributed by atoms with van der Waals surface area (Å²) in [6.45, 7) is -0.135. The van der Waals surface area contributed by atoms with Crippen molar-refractivity contribution in [1.29, 1.82) is 0 Å². The molecule has 1 fully saturated rings. The number of carbonyl (C=O) groups is 1. The summed E-state index contributed by atoms with van der Waals surface area (Å²) in [5.74, 6) is -4.31. The van der Waals surface area contributed by atoms with Gasteiger partial charge in [0.15, 0.2) is 0 Å². The third-order valence-corrected chi connectivity index (χ3v) is 2.29. The molecular weight excluding hydrogens is 187 g/mol. The van der Waals surface area contributed by atoms with Gasteiger partial charge in [-0.05, 0) is 12.5 Å². The van der Waals surface area contributed by atoms with E-state index in [-0.39, 0.29) is 6.54 Å². The van der Waals surface area contributed by atoms with Crippen LogP contribution in [0.5, 0.6) is 0 Å². The third-order valence-electron chi connectivity index (χ3n) is 2.29. The van der Waals surface area contributed by atoms with E-state index in [0.29, 0.717) is 0 Å². The van der Waals surface area contributed by atoms with Gasteiger partial charge in [-0.3, -0.25) is 4.79 Å². The largest absolute Gasteiger partial charge is 0.469 e. The van der Waals surface area contributed by atoms with Crippen molar-refractivity contribution < 1.29 is 22.7 Å². The Kier molecular flexibility index (Phi) is 2.51. The highest BCUT2D eigenvalue weighted by Gasteiger charge is 2.67. The SMILES string of the molecule is COC(=O)[C@H]1[C@@H](CN)[C@@H]1C(F)(F)F. The molecule has 0 spiro atoms. The average molecular weight is 197 g/mol. The first-order valence-corrected chi connectivity index (χ1v) is 3.78. The Hall–Kier alpha value is -0.780. The molecule has 1 rings (SSSR count). The standard InChI is InChI=1S/C7H10F3NO2/c1-13-6(12)4-3(2-11)5(4)7(8,9)10/h3-5H,2,11H2,1H3/t3-,4+,5+/m1/s1. The molecule has 1 aliphatic rings. The van der Waals surface area contributed by atoms with E-state index >= 15 is 0 Å². The molecule has 0 heterocycles. The maximum Gasteiger partial charge on any atom is 0.393 e. The van der Waals surface area contributed by atoms with E-state index in [2.05, 4.69) is 4.74 Å². The second kappa shape index (κ2) is 3.17. The number of alkyl halides is 3. The fourth-order valence-electron chi connectivity index (χ4n) is 1.57. The molecule has 0 aromatic carbocycles. The number of nitrogens with two attached hydrogens (primary N) is 1. The van der Waals surface area contributed by atoms with Gasteiger partial charge >= 0.3 is 12.1 Å². The Morgan fingerprint density at radius 3 is 2.31 bits per heavy atom. The van der Waals surface area contributed by atoms with Crippen molar-refractivity contribution in [3.63, 3.8) is 0 Å². The molecule has 13 heavy (non-hydrogen) atoms. The molecule has 0 unspecified atom stereocenters. The molecule has 2 N–H and O–H groups in total. The second-order valence-electron chi connectivity index (χ2n) is 3.02. The average Bonchev–Trinajstić information content (AvgIpc) is 2.75. The molecule has 0 aliphatic heterocycles. The summed E-state index contributed by atoms with van der Waals surface area (Å²) in [6, 6.07) is 0. The Morgan fingerprint density at radius 2 is 2.08 bits per heavy atom. The minimum absolute atomic E-state index is 0.135. The summed E-state index contributed by atoms with van der Waals surface area (Å²) in [7, 11) is 1.07. The van der Waals surface area contributed by atoms with Crippen LogP contribution in [0.25, 0.3) is 0 Å². The molecule has 76 valence electrons. The first-order chi connectivity index (χ1) is 5.93. The molecule has 1 aliphatic carbocycles. The minimum Gasteiger partial charge on any atom is -0.469 e. The number of ether oxygens (including phenoxy) is 1. The summed E-state index contributed by atoms with van der Waals surface area (Å²) >= 11 is 0.